The molecular formula is C58H80N14O15. The van der Waals surface area contributed by atoms with Gasteiger partial charge in [-0.2, -0.15) is 0 Å². The molecule has 4 aromatic rings. The van der Waals surface area contributed by atoms with Crippen LogP contribution in [0.3, 0.4) is 0 Å². The Morgan fingerprint density at radius 3 is 1.64 bits per heavy atom. The number of urea groups is 1. The van der Waals surface area contributed by atoms with Gasteiger partial charge < -0.3 is 68.1 Å². The molecule has 87 heavy (non-hydrogen) atoms. The van der Waals surface area contributed by atoms with Crippen molar-refractivity contribution in [3.63, 3.8) is 0 Å². The number of rotatable bonds is 33. The number of phenols is 1. The Morgan fingerprint density at radius 1 is 0.586 bits per heavy atom. The van der Waals surface area contributed by atoms with Gasteiger partial charge >= 0.3 is 23.9 Å². The minimum Gasteiger partial charge on any atom is -0.508 e. The number of carbonyl (C=O) groups is 8. The van der Waals surface area contributed by atoms with Gasteiger partial charge in [0.25, 0.3) is 10.9 Å². The van der Waals surface area contributed by atoms with Crippen molar-refractivity contribution in [2.24, 2.45) is 10.7 Å². The molecule has 29 nitrogen and oxygen atoms in total. The van der Waals surface area contributed by atoms with Crippen LogP contribution in [0.25, 0.3) is 0 Å². The van der Waals surface area contributed by atoms with Gasteiger partial charge in [-0.3, -0.25) is 73.1 Å². The number of carbonyl (C=O) groups excluding carboxylic acids is 5. The summed E-state index contributed by atoms with van der Waals surface area (Å²) in [6.07, 6.45) is 1.14. The van der Waals surface area contributed by atoms with Gasteiger partial charge in [-0.05, 0) is 60.2 Å². The summed E-state index contributed by atoms with van der Waals surface area (Å²) in [5, 5.41) is 60.3. The fourth-order valence-corrected chi connectivity index (χ4v) is 9.18. The molecule has 1 heterocycles. The molecule has 1 saturated heterocycles. The number of aliphatic carboxylic acids is 3. The molecule has 0 radical (unpaired) electrons. The van der Waals surface area contributed by atoms with Crippen LogP contribution in [-0.2, 0) is 40.1 Å². The van der Waals surface area contributed by atoms with Gasteiger partial charge in [0.05, 0.1) is 38.7 Å². The molecule has 5 rings (SSSR count). The average molecular weight is 1210 g/mol. The van der Waals surface area contributed by atoms with E-state index in [1.807, 2.05) is 6.07 Å². The lowest BCUT2D eigenvalue weighted by molar-refractivity contribution is -0.140. The van der Waals surface area contributed by atoms with E-state index in [-0.39, 0.29) is 179 Å². The second-order valence-electron chi connectivity index (χ2n) is 20.5. The minimum atomic E-state index is -1.07. The molecule has 2 atom stereocenters. The van der Waals surface area contributed by atoms with E-state index >= 15 is 0 Å². The Hall–Kier alpha value is -9.19. The number of amides is 6. The number of phenolic OH excluding ortho intramolecular Hbond substituents is 1. The van der Waals surface area contributed by atoms with Gasteiger partial charge in [-0.1, -0.05) is 61.5 Å². The lowest BCUT2D eigenvalue weighted by Gasteiger charge is -2.32. The minimum absolute atomic E-state index is 0.0643. The molecule has 0 saturated carbocycles. The van der Waals surface area contributed by atoms with Crippen molar-refractivity contribution in [2.75, 3.05) is 135 Å². The monoisotopic (exact) mass is 1210 g/mol. The molecule has 1 unspecified atom stereocenters. The standard InChI is InChI=1S/C58H80N14O15/c1-2-45(74)60-22-24-65-58(86)68-57(59)64-19-6-10-44(55(84)66-34-39-11-15-42(73)16-12-39)67-56(85)50(40-8-4-3-5-9-40)41-13-17-43(18-14-41)87-33-7-20-62-51-52(54(83)53(51)82)63-23-21-61-46(75)35-69-25-27-70(36-47(76)77)29-31-72(38-49(80)81)32-30-71(28-26-69)37-48(78)79/h3-5,8-9,11-18,44,50,62-63,73H,2,6-7,10,19-38H2,1H3,(H,60,74)(H,61,75)(H,66,84)(H,67,85)(H,76,77)(H,78,79)(H,80,81)(H4,59,64,65,68,86)/t44-,50?/m1/s1. The Kier molecular flexibility index (Phi) is 28.9. The molecule has 1 fully saturated rings. The predicted octanol–water partition coefficient (Wildman–Crippen LogP) is -1.27. The zero-order valence-electron chi connectivity index (χ0n) is 48.7. The van der Waals surface area contributed by atoms with Crippen LogP contribution in [0.5, 0.6) is 11.5 Å². The van der Waals surface area contributed by atoms with Crippen molar-refractivity contribution in [2.45, 2.75) is 51.1 Å². The number of ether oxygens (including phenoxy) is 1. The van der Waals surface area contributed by atoms with Crippen molar-refractivity contribution < 1.29 is 63.5 Å². The van der Waals surface area contributed by atoms with Crippen molar-refractivity contribution in [1.29, 1.82) is 0 Å². The quantitative estimate of drug-likeness (QED) is 0.0114. The third-order valence-corrected chi connectivity index (χ3v) is 13.8. The van der Waals surface area contributed by atoms with Gasteiger partial charge in [0.1, 0.15) is 28.9 Å². The molecule has 1 aliphatic heterocycles. The average Bonchev–Trinajstić information content (AvgIpc) is 1.09. The van der Waals surface area contributed by atoms with Crippen LogP contribution in [-0.4, -0.2) is 224 Å². The SMILES string of the molecule is CCC(=O)NCCNC(=O)NC(N)=NCCC[C@@H](NC(=O)C(c1ccccc1)c1ccc(OCCCNc2c(NCCNC(=O)CN3CCN(CC(=O)O)CCN(CC(=O)O)CCN(CC(=O)O)CC3)c(=O)c2=O)cc1)C(=O)NCc1ccc(O)cc1. The fourth-order valence-electron chi connectivity index (χ4n) is 9.18. The first kappa shape index (κ1) is 68.6. The molecule has 0 bridgehead atoms. The number of guanidine groups is 1. The Morgan fingerprint density at radius 2 is 1.09 bits per heavy atom. The summed E-state index contributed by atoms with van der Waals surface area (Å²) >= 11 is 0. The topological polar surface area (TPSA) is 408 Å². The van der Waals surface area contributed by atoms with Crippen LogP contribution < -0.4 is 63.9 Å². The van der Waals surface area contributed by atoms with E-state index in [0.717, 1.165) is 0 Å². The highest BCUT2D eigenvalue weighted by Gasteiger charge is 2.29. The number of hydrogen-bond donors (Lipinski definition) is 13. The fraction of sp³-hybridized carbons (Fsp3) is 0.466. The van der Waals surface area contributed by atoms with Gasteiger partial charge in [0.2, 0.25) is 23.6 Å². The number of nitrogens with one attached hydrogen (secondary N) is 8. The summed E-state index contributed by atoms with van der Waals surface area (Å²) in [6, 6.07) is 20.6. The number of aromatic hydroxyl groups is 1. The normalized spacial score (nSPS) is 14.7. The highest BCUT2D eigenvalue weighted by Crippen LogP contribution is 2.27. The first-order valence-electron chi connectivity index (χ1n) is 28.7. The van der Waals surface area contributed by atoms with Crippen LogP contribution in [0, 0.1) is 0 Å². The third kappa shape index (κ3) is 25.1. The third-order valence-electron chi connectivity index (χ3n) is 13.8. The van der Waals surface area contributed by atoms with Crippen molar-refractivity contribution in [3.8, 4) is 11.5 Å². The summed E-state index contributed by atoms with van der Waals surface area (Å²) < 4.78 is 5.99. The maximum Gasteiger partial charge on any atom is 0.321 e. The second kappa shape index (κ2) is 36.6. The Labute approximate surface area is 502 Å². The van der Waals surface area contributed by atoms with Crippen LogP contribution in [0.1, 0.15) is 55.2 Å². The number of nitrogens with zero attached hydrogens (tertiary/aromatic N) is 5. The molecule has 0 aliphatic carbocycles. The zero-order chi connectivity index (χ0) is 63.1. The smallest absolute Gasteiger partial charge is 0.321 e. The molecule has 0 aromatic heterocycles. The first-order valence-corrected chi connectivity index (χ1v) is 28.7. The van der Waals surface area contributed by atoms with Crippen molar-refractivity contribution >= 4 is 64.9 Å². The summed E-state index contributed by atoms with van der Waals surface area (Å²) in [6.45, 7) is 3.89. The van der Waals surface area contributed by atoms with Gasteiger partial charge in [0, 0.05) is 105 Å². The van der Waals surface area contributed by atoms with E-state index in [9.17, 15) is 68.4 Å². The van der Waals surface area contributed by atoms with Crippen LogP contribution in [0.15, 0.2) is 93.4 Å². The van der Waals surface area contributed by atoms with Crippen LogP contribution in [0.2, 0.25) is 0 Å². The zero-order valence-corrected chi connectivity index (χ0v) is 48.7. The summed E-state index contributed by atoms with van der Waals surface area (Å²) in [7, 11) is 0. The Balaban J connectivity index is 1.11. The number of anilines is 2. The van der Waals surface area contributed by atoms with Crippen LogP contribution in [0.4, 0.5) is 16.2 Å². The van der Waals surface area contributed by atoms with Crippen molar-refractivity contribution in [1.82, 2.24) is 51.5 Å². The van der Waals surface area contributed by atoms with Gasteiger partial charge in [-0.15, -0.1) is 0 Å². The lowest BCUT2D eigenvalue weighted by Crippen LogP contribution is -2.50. The number of aliphatic imine (C=N–C) groups is 1. The van der Waals surface area contributed by atoms with Gasteiger partial charge in [-0.25, -0.2) is 4.79 Å². The molecule has 29 heteroatoms. The number of hydrogen-bond acceptors (Lipinski definition) is 19. The number of nitrogens with two attached hydrogens (primary N) is 1. The number of carboxylic acids is 3. The van der Waals surface area contributed by atoms with E-state index in [4.69, 9.17) is 10.5 Å². The largest absolute Gasteiger partial charge is 0.508 e. The molecule has 4 aromatic carbocycles. The molecule has 0 spiro atoms. The molecule has 1 aliphatic rings. The van der Waals surface area contributed by atoms with Gasteiger partial charge in [0.15, 0.2) is 5.96 Å². The van der Waals surface area contributed by atoms with Crippen molar-refractivity contribution in [3.05, 3.63) is 116 Å². The second-order valence-corrected chi connectivity index (χ2v) is 20.5. The summed E-state index contributed by atoms with van der Waals surface area (Å²) in [5.41, 5.74) is 6.65. The molecule has 6 amide bonds. The Bertz CT molecular complexity index is 2970. The summed E-state index contributed by atoms with van der Waals surface area (Å²) in [4.78, 5) is 136. The predicted molar refractivity (Wildman–Crippen MR) is 322 cm³/mol. The number of benzene rings is 3. The lowest BCUT2D eigenvalue weighted by atomic mass is 9.90. The van der Waals surface area contributed by atoms with E-state index in [1.165, 1.54) is 12.1 Å². The molecule has 472 valence electrons. The highest BCUT2D eigenvalue weighted by atomic mass is 16.5. The number of carboxylic acid groups (broad SMARTS) is 3. The molecular weight excluding hydrogens is 1130 g/mol. The van der Waals surface area contributed by atoms with E-state index in [0.29, 0.717) is 35.3 Å². The first-order chi connectivity index (χ1) is 41.8. The maximum atomic E-state index is 14.4. The van der Waals surface area contributed by atoms with E-state index < -0.39 is 58.6 Å². The van der Waals surface area contributed by atoms with E-state index in [2.05, 4.69) is 47.5 Å². The highest BCUT2D eigenvalue weighted by molar-refractivity contribution is 5.95. The van der Waals surface area contributed by atoms with Crippen LogP contribution >= 0.6 is 0 Å². The van der Waals surface area contributed by atoms with E-state index in [1.54, 1.807) is 87.2 Å². The maximum absolute atomic E-state index is 14.4. The summed E-state index contributed by atoms with van der Waals surface area (Å²) in [5.74, 6) is -5.15. The molecule has 14 N–H and O–H groups in total.